The van der Waals surface area contributed by atoms with Crippen LogP contribution in [0.2, 0.25) is 0 Å². The van der Waals surface area contributed by atoms with Crippen molar-refractivity contribution >= 4 is 29.1 Å². The van der Waals surface area contributed by atoms with Crippen molar-refractivity contribution in [3.8, 4) is 0 Å². The van der Waals surface area contributed by atoms with Crippen LogP contribution < -0.4 is 0 Å². The van der Waals surface area contributed by atoms with Gasteiger partial charge in [0.1, 0.15) is 16.3 Å². The number of thiazole rings is 1. The Morgan fingerprint density at radius 3 is 2.50 bits per heavy atom. The molecular formula is C11H13NO5S. The second kappa shape index (κ2) is 5.26. The van der Waals surface area contributed by atoms with E-state index in [1.165, 1.54) is 5.38 Å². The standard InChI is InChI=1S/C11H13NO5S/c1-11(2,3)17-8(13)4-7-12-6(5-18-7)9(14)10(15)16/h5H,4H2,1-3H3,(H,15,16). The van der Waals surface area contributed by atoms with Crippen molar-refractivity contribution in [2.24, 2.45) is 0 Å². The Kier molecular flexibility index (Phi) is 4.18. The average molecular weight is 271 g/mol. The Balaban J connectivity index is 2.68. The summed E-state index contributed by atoms with van der Waals surface area (Å²) in [6.45, 7) is 5.23. The Labute approximate surface area is 108 Å². The Bertz CT molecular complexity index is 486. The molecule has 1 aromatic heterocycles. The molecule has 0 saturated carbocycles. The van der Waals surface area contributed by atoms with Crippen LogP contribution in [0.4, 0.5) is 0 Å². The molecule has 0 unspecified atom stereocenters. The van der Waals surface area contributed by atoms with Crippen molar-refractivity contribution < 1.29 is 24.2 Å². The Hall–Kier alpha value is -1.76. The van der Waals surface area contributed by atoms with E-state index in [9.17, 15) is 14.4 Å². The largest absolute Gasteiger partial charge is 0.475 e. The molecule has 0 aliphatic carbocycles. The van der Waals surface area contributed by atoms with Gasteiger partial charge in [-0.2, -0.15) is 0 Å². The number of carboxylic acid groups (broad SMARTS) is 1. The molecule has 1 rings (SSSR count). The van der Waals surface area contributed by atoms with Gasteiger partial charge in [-0.1, -0.05) is 0 Å². The van der Waals surface area contributed by atoms with Gasteiger partial charge in [0, 0.05) is 5.38 Å². The maximum absolute atomic E-state index is 11.5. The summed E-state index contributed by atoms with van der Waals surface area (Å²) in [5, 5.41) is 10.2. The minimum Gasteiger partial charge on any atom is -0.475 e. The van der Waals surface area contributed by atoms with Gasteiger partial charge < -0.3 is 9.84 Å². The van der Waals surface area contributed by atoms with Crippen LogP contribution in [0.1, 0.15) is 36.3 Å². The molecule has 0 fully saturated rings. The van der Waals surface area contributed by atoms with Crippen molar-refractivity contribution in [3.05, 3.63) is 16.1 Å². The molecule has 0 aromatic carbocycles. The SMILES string of the molecule is CC(C)(C)OC(=O)Cc1nc(C(=O)C(=O)O)cs1. The van der Waals surface area contributed by atoms with Crippen LogP contribution in [0.5, 0.6) is 0 Å². The summed E-state index contributed by atoms with van der Waals surface area (Å²) in [6.07, 6.45) is -0.0746. The lowest BCUT2D eigenvalue weighted by atomic mass is 10.2. The van der Waals surface area contributed by atoms with Gasteiger partial charge in [0.25, 0.3) is 5.78 Å². The number of hydrogen-bond acceptors (Lipinski definition) is 6. The lowest BCUT2D eigenvalue weighted by molar-refractivity contribution is -0.153. The molecule has 0 aliphatic rings. The number of ketones is 1. The first-order valence-corrected chi connectivity index (χ1v) is 6.01. The van der Waals surface area contributed by atoms with E-state index in [4.69, 9.17) is 9.84 Å². The number of ether oxygens (including phenoxy) is 1. The van der Waals surface area contributed by atoms with Crippen LogP contribution in [0, 0.1) is 0 Å². The second-order valence-corrected chi connectivity index (χ2v) is 5.47. The lowest BCUT2D eigenvalue weighted by Crippen LogP contribution is -2.24. The van der Waals surface area contributed by atoms with Gasteiger partial charge in [-0.05, 0) is 20.8 Å². The monoisotopic (exact) mass is 271 g/mol. The molecule has 0 radical (unpaired) electrons. The number of nitrogens with zero attached hydrogens (tertiary/aromatic N) is 1. The van der Waals surface area contributed by atoms with E-state index in [2.05, 4.69) is 4.98 Å². The number of carbonyl (C=O) groups excluding carboxylic acids is 2. The van der Waals surface area contributed by atoms with Crippen LogP contribution in [0.25, 0.3) is 0 Å². The molecule has 1 heterocycles. The first-order valence-electron chi connectivity index (χ1n) is 5.13. The molecule has 0 aliphatic heterocycles. The van der Waals surface area contributed by atoms with E-state index in [0.29, 0.717) is 5.01 Å². The van der Waals surface area contributed by atoms with Gasteiger partial charge in [0.2, 0.25) is 0 Å². The van der Waals surface area contributed by atoms with Gasteiger partial charge in [-0.15, -0.1) is 11.3 Å². The number of hydrogen-bond donors (Lipinski definition) is 1. The smallest absolute Gasteiger partial charge is 0.378 e. The predicted octanol–water partition coefficient (Wildman–Crippen LogP) is 1.29. The number of aliphatic carboxylic acids is 1. The molecule has 1 N–H and O–H groups in total. The molecule has 0 saturated heterocycles. The minimum absolute atomic E-state index is 0.0746. The number of Topliss-reactive ketones (excluding diaryl/α,β-unsaturated/α-hetero) is 1. The molecule has 0 amide bonds. The van der Waals surface area contributed by atoms with Crippen molar-refractivity contribution in [2.75, 3.05) is 0 Å². The van der Waals surface area contributed by atoms with Crippen molar-refractivity contribution in [2.45, 2.75) is 32.8 Å². The van der Waals surface area contributed by atoms with Crippen LogP contribution in [-0.2, 0) is 20.7 Å². The highest BCUT2D eigenvalue weighted by atomic mass is 32.1. The number of aromatic nitrogens is 1. The van der Waals surface area contributed by atoms with Gasteiger partial charge >= 0.3 is 11.9 Å². The zero-order valence-corrected chi connectivity index (χ0v) is 11.0. The van der Waals surface area contributed by atoms with E-state index in [1.54, 1.807) is 20.8 Å². The number of esters is 1. The third kappa shape index (κ3) is 4.25. The highest BCUT2D eigenvalue weighted by Gasteiger charge is 2.21. The normalized spacial score (nSPS) is 11.1. The Morgan fingerprint density at radius 2 is 2.00 bits per heavy atom. The first-order chi connectivity index (χ1) is 8.19. The molecule has 0 bridgehead atoms. The van der Waals surface area contributed by atoms with E-state index >= 15 is 0 Å². The Morgan fingerprint density at radius 1 is 1.39 bits per heavy atom. The minimum atomic E-state index is -1.57. The van der Waals surface area contributed by atoms with Crippen molar-refractivity contribution in [3.63, 3.8) is 0 Å². The van der Waals surface area contributed by atoms with Gasteiger partial charge in [0.05, 0.1) is 6.42 Å². The van der Waals surface area contributed by atoms with Crippen LogP contribution in [0.15, 0.2) is 5.38 Å². The van der Waals surface area contributed by atoms with E-state index < -0.39 is 23.3 Å². The molecule has 7 heteroatoms. The maximum Gasteiger partial charge on any atom is 0.378 e. The third-order valence-electron chi connectivity index (χ3n) is 1.69. The molecule has 98 valence electrons. The molecule has 1 aromatic rings. The summed E-state index contributed by atoms with van der Waals surface area (Å²) in [7, 11) is 0. The molecule has 6 nitrogen and oxygen atoms in total. The van der Waals surface area contributed by atoms with Crippen LogP contribution >= 0.6 is 11.3 Å². The quantitative estimate of drug-likeness (QED) is 0.504. The first kappa shape index (κ1) is 14.3. The lowest BCUT2D eigenvalue weighted by Gasteiger charge is -2.18. The second-order valence-electron chi connectivity index (χ2n) is 4.52. The number of carboxylic acids is 1. The highest BCUT2D eigenvalue weighted by Crippen LogP contribution is 2.14. The summed E-state index contributed by atoms with van der Waals surface area (Å²) >= 11 is 1.05. The van der Waals surface area contributed by atoms with Crippen LogP contribution in [-0.4, -0.2) is 33.4 Å². The van der Waals surface area contributed by atoms with Crippen LogP contribution in [0.3, 0.4) is 0 Å². The van der Waals surface area contributed by atoms with E-state index in [-0.39, 0.29) is 12.1 Å². The van der Waals surface area contributed by atoms with Gasteiger partial charge in [-0.3, -0.25) is 9.59 Å². The topological polar surface area (TPSA) is 93.6 Å². The third-order valence-corrected chi connectivity index (χ3v) is 2.54. The molecule has 0 spiro atoms. The average Bonchev–Trinajstić information content (AvgIpc) is 2.61. The number of carbonyl (C=O) groups is 3. The maximum atomic E-state index is 11.5. The summed E-state index contributed by atoms with van der Waals surface area (Å²) in [5.41, 5.74) is -0.750. The fraction of sp³-hybridized carbons (Fsp3) is 0.455. The summed E-state index contributed by atoms with van der Waals surface area (Å²) in [5.74, 6) is -3.11. The highest BCUT2D eigenvalue weighted by molar-refractivity contribution is 7.10. The molecular weight excluding hydrogens is 258 g/mol. The summed E-state index contributed by atoms with van der Waals surface area (Å²) in [4.78, 5) is 36.8. The number of rotatable bonds is 4. The fourth-order valence-electron chi connectivity index (χ4n) is 1.11. The molecule has 18 heavy (non-hydrogen) atoms. The van der Waals surface area contributed by atoms with Gasteiger partial charge in [-0.25, -0.2) is 9.78 Å². The zero-order valence-electron chi connectivity index (χ0n) is 10.2. The summed E-state index contributed by atoms with van der Waals surface area (Å²) in [6, 6.07) is 0. The van der Waals surface area contributed by atoms with E-state index in [1.807, 2.05) is 0 Å². The zero-order chi connectivity index (χ0) is 13.9. The van der Waals surface area contributed by atoms with Crippen molar-refractivity contribution in [1.29, 1.82) is 0 Å². The van der Waals surface area contributed by atoms with E-state index in [0.717, 1.165) is 11.3 Å². The van der Waals surface area contributed by atoms with Crippen molar-refractivity contribution in [1.82, 2.24) is 4.98 Å². The molecule has 0 atom stereocenters. The van der Waals surface area contributed by atoms with Gasteiger partial charge in [0.15, 0.2) is 0 Å². The fourth-order valence-corrected chi connectivity index (χ4v) is 1.87. The summed E-state index contributed by atoms with van der Waals surface area (Å²) < 4.78 is 5.09. The predicted molar refractivity (Wildman–Crippen MR) is 63.6 cm³/mol.